The number of fused-ring (bicyclic) bond motifs is 1. The van der Waals surface area contributed by atoms with Gasteiger partial charge in [0, 0.05) is 25.5 Å². The van der Waals surface area contributed by atoms with Gasteiger partial charge in [-0.25, -0.2) is 8.42 Å². The average Bonchev–Trinajstić information content (AvgIpc) is 2.60. The number of benzene rings is 1. The molecule has 0 atom stereocenters. The lowest BCUT2D eigenvalue weighted by Crippen LogP contribution is -2.36. The van der Waals surface area contributed by atoms with Crippen LogP contribution in [0.4, 0.5) is 0 Å². The molecule has 0 radical (unpaired) electrons. The molecule has 23 heavy (non-hydrogen) atoms. The van der Waals surface area contributed by atoms with Gasteiger partial charge >= 0.3 is 0 Å². The van der Waals surface area contributed by atoms with Crippen molar-refractivity contribution in [1.82, 2.24) is 9.29 Å². The number of rotatable bonds is 4. The number of methoxy groups -OCH3 is 1. The molecule has 1 aromatic carbocycles. The number of carbonyl (C=O) groups excluding carboxylic acids is 1. The molecule has 0 fully saturated rings. The Hall–Kier alpha value is -2.25. The first-order chi connectivity index (χ1) is 11.1. The van der Waals surface area contributed by atoms with Crippen LogP contribution in [0.15, 0.2) is 41.6 Å². The van der Waals surface area contributed by atoms with Crippen molar-refractivity contribution in [1.29, 1.82) is 0 Å². The third-order valence-corrected chi connectivity index (χ3v) is 5.82. The highest BCUT2D eigenvalue weighted by Crippen LogP contribution is 2.31. The fourth-order valence-corrected chi connectivity index (χ4v) is 4.14. The smallest absolute Gasteiger partial charge is 0.244 e. The van der Waals surface area contributed by atoms with E-state index in [2.05, 4.69) is 4.98 Å². The molecule has 2 heterocycles. The quantitative estimate of drug-likeness (QED) is 0.796. The van der Waals surface area contributed by atoms with E-state index in [-0.39, 0.29) is 11.4 Å². The van der Waals surface area contributed by atoms with Gasteiger partial charge < -0.3 is 4.74 Å². The normalized spacial score (nSPS) is 15.0. The van der Waals surface area contributed by atoms with E-state index >= 15 is 0 Å². The molecule has 7 heteroatoms. The summed E-state index contributed by atoms with van der Waals surface area (Å²) in [5.41, 5.74) is 2.10. The van der Waals surface area contributed by atoms with E-state index in [1.54, 1.807) is 12.1 Å². The van der Waals surface area contributed by atoms with Crippen molar-refractivity contribution in [2.24, 2.45) is 0 Å². The molecule has 1 aliphatic heterocycles. The molecule has 6 nitrogen and oxygen atoms in total. The van der Waals surface area contributed by atoms with Crippen LogP contribution in [0.3, 0.4) is 0 Å². The van der Waals surface area contributed by atoms with Crippen LogP contribution in [0.25, 0.3) is 0 Å². The van der Waals surface area contributed by atoms with Crippen molar-refractivity contribution in [2.45, 2.75) is 17.9 Å². The third kappa shape index (κ3) is 2.73. The molecule has 0 bridgehead atoms. The van der Waals surface area contributed by atoms with Crippen LogP contribution >= 0.6 is 0 Å². The number of pyridine rings is 1. The molecule has 3 rings (SSSR count). The molecular formula is C16H16N2O4S. The highest BCUT2D eigenvalue weighted by molar-refractivity contribution is 7.89. The molecule has 2 aromatic rings. The van der Waals surface area contributed by atoms with Crippen LogP contribution in [0.1, 0.15) is 21.5 Å². The van der Waals surface area contributed by atoms with Gasteiger partial charge in [-0.05, 0) is 35.7 Å². The molecule has 1 aromatic heterocycles. The zero-order valence-corrected chi connectivity index (χ0v) is 13.4. The van der Waals surface area contributed by atoms with E-state index in [4.69, 9.17) is 4.74 Å². The summed E-state index contributed by atoms with van der Waals surface area (Å²) in [7, 11) is -2.15. The number of aldehydes is 1. The second kappa shape index (κ2) is 6.10. The summed E-state index contributed by atoms with van der Waals surface area (Å²) in [5, 5.41) is 0. The van der Waals surface area contributed by atoms with Crippen LogP contribution in [0.2, 0.25) is 0 Å². The van der Waals surface area contributed by atoms with Gasteiger partial charge in [-0.1, -0.05) is 6.07 Å². The van der Waals surface area contributed by atoms with Gasteiger partial charge in [0.15, 0.2) is 6.29 Å². The fourth-order valence-electron chi connectivity index (χ4n) is 2.77. The van der Waals surface area contributed by atoms with E-state index in [9.17, 15) is 13.2 Å². The van der Waals surface area contributed by atoms with Gasteiger partial charge in [-0.15, -0.1) is 0 Å². The topological polar surface area (TPSA) is 76.6 Å². The molecule has 0 N–H and O–H groups in total. The molecule has 0 spiro atoms. The van der Waals surface area contributed by atoms with Gasteiger partial charge in [0.25, 0.3) is 0 Å². The van der Waals surface area contributed by atoms with Crippen LogP contribution in [-0.4, -0.2) is 37.6 Å². The number of hydrogen-bond acceptors (Lipinski definition) is 5. The van der Waals surface area contributed by atoms with Crippen LogP contribution in [-0.2, 0) is 23.0 Å². The third-order valence-electron chi connectivity index (χ3n) is 3.99. The molecule has 0 unspecified atom stereocenters. The van der Waals surface area contributed by atoms with Gasteiger partial charge in [0.1, 0.15) is 10.6 Å². The predicted octanol–water partition coefficient (Wildman–Crippen LogP) is 1.65. The lowest BCUT2D eigenvalue weighted by atomic mass is 9.96. The van der Waals surface area contributed by atoms with Crippen molar-refractivity contribution in [2.75, 3.05) is 13.7 Å². The Balaban J connectivity index is 2.01. The number of carbonyl (C=O) groups is 1. The average molecular weight is 332 g/mol. The minimum Gasteiger partial charge on any atom is -0.496 e. The van der Waals surface area contributed by atoms with Crippen molar-refractivity contribution in [3.05, 3.63) is 53.3 Å². The van der Waals surface area contributed by atoms with Gasteiger partial charge in [-0.3, -0.25) is 9.78 Å². The fraction of sp³-hybridized carbons (Fsp3) is 0.250. The van der Waals surface area contributed by atoms with Crippen LogP contribution in [0.5, 0.6) is 5.75 Å². The van der Waals surface area contributed by atoms with Gasteiger partial charge in [0.05, 0.1) is 12.7 Å². The summed E-state index contributed by atoms with van der Waals surface area (Å²) in [6.07, 6.45) is 4.13. The summed E-state index contributed by atoms with van der Waals surface area (Å²) in [6.45, 7) is 0.521. The summed E-state index contributed by atoms with van der Waals surface area (Å²) in [6, 6.07) is 6.73. The molecule has 120 valence electrons. The molecular weight excluding hydrogens is 316 g/mol. The summed E-state index contributed by atoms with van der Waals surface area (Å²) in [4.78, 5) is 15.4. The maximum Gasteiger partial charge on any atom is 0.244 e. The Morgan fingerprint density at radius 1 is 1.30 bits per heavy atom. The Kier molecular flexibility index (Phi) is 4.14. The second-order valence-corrected chi connectivity index (χ2v) is 7.15. The largest absolute Gasteiger partial charge is 0.496 e. The first-order valence-corrected chi connectivity index (χ1v) is 8.56. The number of ether oxygens (including phenoxy) is 1. The zero-order valence-electron chi connectivity index (χ0n) is 12.6. The Labute approximate surface area is 134 Å². The van der Waals surface area contributed by atoms with E-state index in [1.165, 1.54) is 29.9 Å². The Bertz CT molecular complexity index is 835. The van der Waals surface area contributed by atoms with Crippen molar-refractivity contribution < 1.29 is 17.9 Å². The second-order valence-electron chi connectivity index (χ2n) is 5.21. The van der Waals surface area contributed by atoms with Crippen LogP contribution in [0, 0.1) is 0 Å². The first kappa shape index (κ1) is 15.6. The molecule has 0 saturated heterocycles. The highest BCUT2D eigenvalue weighted by atomic mass is 32.2. The minimum atomic E-state index is -3.64. The number of hydrogen-bond donors (Lipinski definition) is 0. The maximum atomic E-state index is 12.7. The van der Waals surface area contributed by atoms with Gasteiger partial charge in [-0.2, -0.15) is 4.31 Å². The standard InChI is InChI=1S/C16H16N2O4S/c1-22-16-5-4-12-6-8-18(10-14(12)15(16)11-19)23(20,21)13-3-2-7-17-9-13/h2-5,7,9,11H,6,8,10H2,1H3. The van der Waals surface area contributed by atoms with E-state index in [0.29, 0.717) is 29.8 Å². The number of nitrogens with zero attached hydrogens (tertiary/aromatic N) is 2. The van der Waals surface area contributed by atoms with Crippen molar-refractivity contribution in [3.63, 3.8) is 0 Å². The number of sulfonamides is 1. The molecule has 1 aliphatic rings. The Morgan fingerprint density at radius 2 is 2.13 bits per heavy atom. The predicted molar refractivity (Wildman–Crippen MR) is 83.9 cm³/mol. The van der Waals surface area contributed by atoms with E-state index in [1.807, 2.05) is 6.07 Å². The molecule has 0 amide bonds. The van der Waals surface area contributed by atoms with E-state index in [0.717, 1.165) is 11.8 Å². The maximum absolute atomic E-state index is 12.7. The zero-order chi connectivity index (χ0) is 16.4. The van der Waals surface area contributed by atoms with Crippen molar-refractivity contribution >= 4 is 16.3 Å². The molecule has 0 aliphatic carbocycles. The molecule has 0 saturated carbocycles. The lowest BCUT2D eigenvalue weighted by Gasteiger charge is -2.29. The van der Waals surface area contributed by atoms with E-state index < -0.39 is 10.0 Å². The number of aromatic nitrogens is 1. The monoisotopic (exact) mass is 332 g/mol. The highest BCUT2D eigenvalue weighted by Gasteiger charge is 2.30. The van der Waals surface area contributed by atoms with Gasteiger partial charge in [0.2, 0.25) is 10.0 Å². The Morgan fingerprint density at radius 3 is 2.78 bits per heavy atom. The summed E-state index contributed by atoms with van der Waals surface area (Å²) < 4.78 is 32.0. The van der Waals surface area contributed by atoms with Crippen LogP contribution < -0.4 is 4.74 Å². The summed E-state index contributed by atoms with van der Waals surface area (Å²) in [5.74, 6) is 0.458. The SMILES string of the molecule is COc1ccc2c(c1C=O)CN(S(=O)(=O)c1cccnc1)CC2. The van der Waals surface area contributed by atoms with Crippen molar-refractivity contribution in [3.8, 4) is 5.75 Å². The summed E-state index contributed by atoms with van der Waals surface area (Å²) >= 11 is 0. The minimum absolute atomic E-state index is 0.151. The lowest BCUT2D eigenvalue weighted by molar-refractivity contribution is 0.111. The first-order valence-electron chi connectivity index (χ1n) is 7.12.